The normalized spacial score (nSPS) is 10.5. The first-order valence-corrected chi connectivity index (χ1v) is 9.22. The molecule has 3 aromatic rings. The molecule has 1 aromatic heterocycles. The highest BCUT2D eigenvalue weighted by molar-refractivity contribution is 5.91. The molecule has 3 N–H and O–H groups in total. The molecule has 0 bridgehead atoms. The first-order chi connectivity index (χ1) is 14.6. The van der Waals surface area contributed by atoms with Crippen LogP contribution in [0.1, 0.15) is 21.7 Å². The van der Waals surface area contributed by atoms with Gasteiger partial charge in [-0.05, 0) is 35.4 Å². The van der Waals surface area contributed by atoms with Crippen molar-refractivity contribution in [3.63, 3.8) is 0 Å². The second-order valence-corrected chi connectivity index (χ2v) is 6.44. The van der Waals surface area contributed by atoms with Gasteiger partial charge in [-0.2, -0.15) is 0 Å². The Morgan fingerprint density at radius 3 is 2.10 bits per heavy atom. The number of amides is 1. The molecule has 0 fully saturated rings. The van der Waals surface area contributed by atoms with E-state index in [4.69, 9.17) is 23.8 Å². The number of rotatable bonds is 9. The van der Waals surface area contributed by atoms with Gasteiger partial charge in [0, 0.05) is 18.7 Å². The fourth-order valence-corrected chi connectivity index (χ4v) is 3.05. The molecule has 0 radical (unpaired) electrons. The molecular weight excluding hydrogens is 388 g/mol. The minimum Gasteiger partial charge on any atom is -0.493 e. The Bertz CT molecular complexity index is 972. The topological polar surface area (TPSA) is 102 Å². The fraction of sp³-hybridized carbons (Fsp3) is 0.227. The lowest BCUT2D eigenvalue weighted by Gasteiger charge is -2.14. The number of hydroxylamine groups is 1. The molecule has 8 heteroatoms. The summed E-state index contributed by atoms with van der Waals surface area (Å²) in [5.41, 5.74) is 4.48. The van der Waals surface area contributed by atoms with Crippen molar-refractivity contribution >= 4 is 5.91 Å². The molecule has 0 saturated heterocycles. The molecule has 1 heterocycles. The summed E-state index contributed by atoms with van der Waals surface area (Å²) in [4.78, 5) is 11.4. The Labute approximate surface area is 174 Å². The van der Waals surface area contributed by atoms with E-state index in [0.717, 1.165) is 16.7 Å². The number of nitrogens with one attached hydrogen (secondary N) is 2. The summed E-state index contributed by atoms with van der Waals surface area (Å²) in [5, 5.41) is 12.1. The van der Waals surface area contributed by atoms with E-state index in [0.29, 0.717) is 36.1 Å². The number of methoxy groups -OCH3 is 3. The molecule has 0 aliphatic rings. The van der Waals surface area contributed by atoms with Crippen molar-refractivity contribution in [1.29, 1.82) is 0 Å². The molecule has 2 aromatic carbocycles. The van der Waals surface area contributed by atoms with E-state index in [2.05, 4.69) is 5.32 Å². The van der Waals surface area contributed by atoms with Crippen LogP contribution in [0.4, 0.5) is 0 Å². The summed E-state index contributed by atoms with van der Waals surface area (Å²) in [7, 11) is 4.76. The van der Waals surface area contributed by atoms with Crippen LogP contribution in [0.15, 0.2) is 52.9 Å². The predicted octanol–water partition coefficient (Wildman–Crippen LogP) is 3.38. The van der Waals surface area contributed by atoms with Crippen molar-refractivity contribution in [2.45, 2.75) is 13.1 Å². The molecule has 1 amide bonds. The summed E-state index contributed by atoms with van der Waals surface area (Å²) in [6.07, 6.45) is 0. The maximum Gasteiger partial charge on any atom is 0.310 e. The Balaban J connectivity index is 1.62. The van der Waals surface area contributed by atoms with Gasteiger partial charge in [0.2, 0.25) is 5.75 Å². The molecule has 0 saturated carbocycles. The fourth-order valence-electron chi connectivity index (χ4n) is 3.05. The van der Waals surface area contributed by atoms with E-state index in [1.165, 1.54) is 6.07 Å². The van der Waals surface area contributed by atoms with Crippen molar-refractivity contribution in [3.8, 4) is 28.6 Å². The number of ether oxygens (including phenoxy) is 3. The molecule has 0 atom stereocenters. The highest BCUT2D eigenvalue weighted by Gasteiger charge is 2.13. The van der Waals surface area contributed by atoms with Crippen LogP contribution in [0.2, 0.25) is 0 Å². The number of carbonyl (C=O) groups is 1. The molecule has 0 unspecified atom stereocenters. The van der Waals surface area contributed by atoms with Crippen LogP contribution in [0, 0.1) is 0 Å². The minimum absolute atomic E-state index is 0.0450. The third-order valence-corrected chi connectivity index (χ3v) is 4.55. The maximum atomic E-state index is 11.4. The van der Waals surface area contributed by atoms with Gasteiger partial charge in [-0.25, -0.2) is 5.48 Å². The number of benzene rings is 2. The van der Waals surface area contributed by atoms with Crippen LogP contribution in [0.3, 0.4) is 0 Å². The molecule has 0 spiro atoms. The van der Waals surface area contributed by atoms with Gasteiger partial charge >= 0.3 is 5.91 Å². The van der Waals surface area contributed by atoms with Gasteiger partial charge < -0.3 is 23.9 Å². The summed E-state index contributed by atoms with van der Waals surface area (Å²) >= 11 is 0. The largest absolute Gasteiger partial charge is 0.493 e. The molecular formula is C22H24N2O6. The number of furan rings is 1. The Morgan fingerprint density at radius 2 is 1.53 bits per heavy atom. The Hall–Kier alpha value is -3.49. The molecule has 158 valence electrons. The van der Waals surface area contributed by atoms with Gasteiger partial charge in [0.1, 0.15) is 5.76 Å². The summed E-state index contributed by atoms with van der Waals surface area (Å²) in [5.74, 6) is 1.70. The van der Waals surface area contributed by atoms with Crippen LogP contribution in [0.5, 0.6) is 17.2 Å². The molecule has 3 rings (SSSR count). The van der Waals surface area contributed by atoms with Crippen molar-refractivity contribution in [1.82, 2.24) is 10.8 Å². The van der Waals surface area contributed by atoms with Gasteiger partial charge in [0.25, 0.3) is 0 Å². The lowest BCUT2D eigenvalue weighted by atomic mass is 10.1. The first kappa shape index (κ1) is 21.2. The van der Waals surface area contributed by atoms with E-state index in [1.54, 1.807) is 32.9 Å². The second-order valence-electron chi connectivity index (χ2n) is 6.44. The molecule has 0 aliphatic carbocycles. The quantitative estimate of drug-likeness (QED) is 0.366. The third kappa shape index (κ3) is 4.73. The standard InChI is InChI=1S/C22H24N2O6/c1-27-19-10-15(11-20(28-2)21(19)29-3)13-23-12-14-4-6-16(7-5-14)17-8-9-18(30-17)22(25)24-26/h4-11,23,26H,12-13H2,1-3H3,(H,24,25). The van der Waals surface area contributed by atoms with E-state index >= 15 is 0 Å². The SMILES string of the molecule is COc1cc(CNCc2ccc(-c3ccc(C(=O)NO)o3)cc2)cc(OC)c1OC. The smallest absolute Gasteiger partial charge is 0.310 e. The highest BCUT2D eigenvalue weighted by atomic mass is 16.5. The lowest BCUT2D eigenvalue weighted by molar-refractivity contribution is 0.0677. The Kier molecular flexibility index (Phi) is 6.95. The van der Waals surface area contributed by atoms with Crippen molar-refractivity contribution < 1.29 is 28.6 Å². The lowest BCUT2D eigenvalue weighted by Crippen LogP contribution is -2.17. The zero-order valence-electron chi connectivity index (χ0n) is 17.0. The molecule has 8 nitrogen and oxygen atoms in total. The van der Waals surface area contributed by atoms with E-state index in [9.17, 15) is 4.79 Å². The number of hydrogen-bond donors (Lipinski definition) is 3. The minimum atomic E-state index is -0.686. The van der Waals surface area contributed by atoms with Gasteiger partial charge in [0.05, 0.1) is 21.3 Å². The first-order valence-electron chi connectivity index (χ1n) is 9.22. The summed E-state index contributed by atoms with van der Waals surface area (Å²) in [6.45, 7) is 1.28. The maximum absolute atomic E-state index is 11.4. The summed E-state index contributed by atoms with van der Waals surface area (Å²) in [6, 6.07) is 14.8. The Morgan fingerprint density at radius 1 is 0.900 bits per heavy atom. The van der Waals surface area contributed by atoms with Crippen LogP contribution < -0.4 is 25.0 Å². The van der Waals surface area contributed by atoms with Crippen LogP contribution in [-0.4, -0.2) is 32.4 Å². The van der Waals surface area contributed by atoms with Crippen molar-refractivity contribution in [2.24, 2.45) is 0 Å². The van der Waals surface area contributed by atoms with E-state index in [-0.39, 0.29) is 5.76 Å². The van der Waals surface area contributed by atoms with Crippen LogP contribution >= 0.6 is 0 Å². The number of carbonyl (C=O) groups excluding carboxylic acids is 1. The van der Waals surface area contributed by atoms with E-state index in [1.807, 2.05) is 36.4 Å². The molecule has 0 aliphatic heterocycles. The van der Waals surface area contributed by atoms with Gasteiger partial charge in [-0.1, -0.05) is 24.3 Å². The molecule has 30 heavy (non-hydrogen) atoms. The van der Waals surface area contributed by atoms with E-state index < -0.39 is 5.91 Å². The van der Waals surface area contributed by atoms with Crippen molar-refractivity contribution in [3.05, 3.63) is 65.4 Å². The zero-order valence-corrected chi connectivity index (χ0v) is 17.0. The van der Waals surface area contributed by atoms with Crippen LogP contribution in [-0.2, 0) is 13.1 Å². The highest BCUT2D eigenvalue weighted by Crippen LogP contribution is 2.38. The summed E-state index contributed by atoms with van der Waals surface area (Å²) < 4.78 is 21.5. The van der Waals surface area contributed by atoms with Gasteiger partial charge in [0.15, 0.2) is 17.3 Å². The van der Waals surface area contributed by atoms with Crippen molar-refractivity contribution in [2.75, 3.05) is 21.3 Å². The van der Waals surface area contributed by atoms with Crippen LogP contribution in [0.25, 0.3) is 11.3 Å². The average Bonchev–Trinajstić information content (AvgIpc) is 3.28. The van der Waals surface area contributed by atoms with Gasteiger partial charge in [-0.3, -0.25) is 10.0 Å². The number of hydrogen-bond acceptors (Lipinski definition) is 7. The third-order valence-electron chi connectivity index (χ3n) is 4.55. The monoisotopic (exact) mass is 412 g/mol. The second kappa shape index (κ2) is 9.82. The zero-order chi connectivity index (χ0) is 21.5. The van der Waals surface area contributed by atoms with Gasteiger partial charge in [-0.15, -0.1) is 0 Å². The predicted molar refractivity (Wildman–Crippen MR) is 110 cm³/mol. The average molecular weight is 412 g/mol.